The van der Waals surface area contributed by atoms with E-state index in [-0.39, 0.29) is 0 Å². The van der Waals surface area contributed by atoms with Gasteiger partial charge in [0.05, 0.1) is 0 Å². The standard InChI is InChI=1S/C18H31NS/c1-4-6-7-8-9-15-20-18-12-10-17(11-13-18)16(3)19-14-5-2/h10-13,16,19H,4-9,14-15H2,1-3H3. The van der Waals surface area contributed by atoms with E-state index < -0.39 is 0 Å². The van der Waals surface area contributed by atoms with Crippen molar-refractivity contribution >= 4 is 11.8 Å². The van der Waals surface area contributed by atoms with Crippen molar-refractivity contribution in [1.29, 1.82) is 0 Å². The van der Waals surface area contributed by atoms with E-state index in [1.165, 1.54) is 54.7 Å². The first-order valence-electron chi connectivity index (χ1n) is 8.24. The number of nitrogens with one attached hydrogen (secondary N) is 1. The molecule has 2 heteroatoms. The van der Waals surface area contributed by atoms with Crippen LogP contribution < -0.4 is 5.32 Å². The van der Waals surface area contributed by atoms with E-state index in [1.807, 2.05) is 11.8 Å². The molecule has 0 aliphatic heterocycles. The second-order valence-electron chi connectivity index (χ2n) is 5.51. The van der Waals surface area contributed by atoms with Gasteiger partial charge in [-0.3, -0.25) is 0 Å². The molecule has 1 aromatic rings. The van der Waals surface area contributed by atoms with Crippen LogP contribution in [-0.4, -0.2) is 12.3 Å². The lowest BCUT2D eigenvalue weighted by Crippen LogP contribution is -2.19. The maximum absolute atomic E-state index is 3.53. The van der Waals surface area contributed by atoms with Gasteiger partial charge in [-0.2, -0.15) is 0 Å². The van der Waals surface area contributed by atoms with Gasteiger partial charge in [-0.05, 0) is 49.8 Å². The Kier molecular flexibility index (Phi) is 9.86. The minimum Gasteiger partial charge on any atom is -0.310 e. The molecule has 1 nitrogen and oxygen atoms in total. The molecule has 0 saturated carbocycles. The largest absolute Gasteiger partial charge is 0.310 e. The quantitative estimate of drug-likeness (QED) is 0.408. The van der Waals surface area contributed by atoms with Crippen molar-refractivity contribution in [1.82, 2.24) is 5.32 Å². The zero-order valence-corrected chi connectivity index (χ0v) is 14.3. The van der Waals surface area contributed by atoms with E-state index in [0.29, 0.717) is 6.04 Å². The van der Waals surface area contributed by atoms with Crippen LogP contribution in [0, 0.1) is 0 Å². The summed E-state index contributed by atoms with van der Waals surface area (Å²) in [6.07, 6.45) is 8.05. The third-order valence-corrected chi connectivity index (χ3v) is 4.70. The molecule has 0 saturated heterocycles. The van der Waals surface area contributed by atoms with Gasteiger partial charge in [-0.15, -0.1) is 11.8 Å². The number of hydrogen-bond acceptors (Lipinski definition) is 2. The molecule has 20 heavy (non-hydrogen) atoms. The van der Waals surface area contributed by atoms with Gasteiger partial charge in [0.2, 0.25) is 0 Å². The lowest BCUT2D eigenvalue weighted by Gasteiger charge is -2.14. The third-order valence-electron chi connectivity index (χ3n) is 3.60. The fourth-order valence-electron chi connectivity index (χ4n) is 2.23. The molecule has 0 radical (unpaired) electrons. The number of unbranched alkanes of at least 4 members (excludes halogenated alkanes) is 4. The van der Waals surface area contributed by atoms with Gasteiger partial charge in [-0.1, -0.05) is 51.7 Å². The van der Waals surface area contributed by atoms with Crippen LogP contribution in [0.4, 0.5) is 0 Å². The SMILES string of the molecule is CCCCCCCSc1ccc(C(C)NCCC)cc1. The number of thioether (sulfide) groups is 1. The van der Waals surface area contributed by atoms with E-state index in [0.717, 1.165) is 6.54 Å². The molecule has 0 bridgehead atoms. The van der Waals surface area contributed by atoms with E-state index in [4.69, 9.17) is 0 Å². The zero-order chi connectivity index (χ0) is 14.6. The van der Waals surface area contributed by atoms with Crippen molar-refractivity contribution in [3.05, 3.63) is 29.8 Å². The first kappa shape index (κ1) is 17.6. The Morgan fingerprint density at radius 2 is 1.65 bits per heavy atom. The molecule has 0 heterocycles. The molecular formula is C18H31NS. The Morgan fingerprint density at radius 3 is 2.30 bits per heavy atom. The summed E-state index contributed by atoms with van der Waals surface area (Å²) >= 11 is 2.00. The summed E-state index contributed by atoms with van der Waals surface area (Å²) < 4.78 is 0. The molecule has 1 atom stereocenters. The Morgan fingerprint density at radius 1 is 0.950 bits per heavy atom. The predicted molar refractivity (Wildman–Crippen MR) is 92.6 cm³/mol. The molecule has 1 rings (SSSR count). The summed E-state index contributed by atoms with van der Waals surface area (Å²) in [7, 11) is 0. The lowest BCUT2D eigenvalue weighted by molar-refractivity contribution is 0.570. The number of rotatable bonds is 11. The van der Waals surface area contributed by atoms with Crippen molar-refractivity contribution in [2.45, 2.75) is 70.2 Å². The van der Waals surface area contributed by atoms with Gasteiger partial charge in [0.15, 0.2) is 0 Å². The number of benzene rings is 1. The third kappa shape index (κ3) is 7.35. The summed E-state index contributed by atoms with van der Waals surface area (Å²) in [6, 6.07) is 9.55. The summed E-state index contributed by atoms with van der Waals surface area (Å²) in [5.74, 6) is 1.26. The van der Waals surface area contributed by atoms with Crippen LogP contribution in [-0.2, 0) is 0 Å². The fraction of sp³-hybridized carbons (Fsp3) is 0.667. The van der Waals surface area contributed by atoms with Gasteiger partial charge in [0.1, 0.15) is 0 Å². The molecule has 0 aromatic heterocycles. The minimum atomic E-state index is 0.461. The highest BCUT2D eigenvalue weighted by atomic mass is 32.2. The van der Waals surface area contributed by atoms with Crippen LogP contribution in [0.15, 0.2) is 29.2 Å². The molecule has 0 aliphatic carbocycles. The lowest BCUT2D eigenvalue weighted by atomic mass is 10.1. The normalized spacial score (nSPS) is 12.6. The van der Waals surface area contributed by atoms with E-state index in [2.05, 4.69) is 50.4 Å². The minimum absolute atomic E-state index is 0.461. The second kappa shape index (κ2) is 11.2. The van der Waals surface area contributed by atoms with Gasteiger partial charge >= 0.3 is 0 Å². The van der Waals surface area contributed by atoms with Crippen LogP contribution in [0.2, 0.25) is 0 Å². The molecular weight excluding hydrogens is 262 g/mol. The highest BCUT2D eigenvalue weighted by molar-refractivity contribution is 7.99. The molecule has 114 valence electrons. The van der Waals surface area contributed by atoms with E-state index >= 15 is 0 Å². The first-order valence-corrected chi connectivity index (χ1v) is 9.22. The molecule has 0 aliphatic rings. The molecule has 1 aromatic carbocycles. The van der Waals surface area contributed by atoms with E-state index in [1.54, 1.807) is 0 Å². The summed E-state index contributed by atoms with van der Waals surface area (Å²) in [5.41, 5.74) is 1.39. The van der Waals surface area contributed by atoms with E-state index in [9.17, 15) is 0 Å². The molecule has 1 unspecified atom stereocenters. The van der Waals surface area contributed by atoms with Crippen LogP contribution in [0.5, 0.6) is 0 Å². The molecule has 0 amide bonds. The highest BCUT2D eigenvalue weighted by Crippen LogP contribution is 2.22. The van der Waals surface area contributed by atoms with Crippen LogP contribution in [0.25, 0.3) is 0 Å². The molecule has 0 fully saturated rings. The van der Waals surface area contributed by atoms with Gasteiger partial charge in [0, 0.05) is 10.9 Å². The highest BCUT2D eigenvalue weighted by Gasteiger charge is 2.03. The zero-order valence-electron chi connectivity index (χ0n) is 13.5. The Labute approximate surface area is 129 Å². The maximum atomic E-state index is 3.53. The van der Waals surface area contributed by atoms with Crippen molar-refractivity contribution < 1.29 is 0 Å². The van der Waals surface area contributed by atoms with Gasteiger partial charge in [-0.25, -0.2) is 0 Å². The monoisotopic (exact) mass is 293 g/mol. The summed E-state index contributed by atoms with van der Waals surface area (Å²) in [6.45, 7) is 7.81. The summed E-state index contributed by atoms with van der Waals surface area (Å²) in [5, 5.41) is 3.53. The smallest absolute Gasteiger partial charge is 0.0291 e. The average Bonchev–Trinajstić information content (AvgIpc) is 2.49. The topological polar surface area (TPSA) is 12.0 Å². The molecule has 1 N–H and O–H groups in total. The Balaban J connectivity index is 2.24. The predicted octanol–water partition coefficient (Wildman–Crippen LogP) is 5.81. The van der Waals surface area contributed by atoms with Crippen molar-refractivity contribution in [3.63, 3.8) is 0 Å². The Hall–Kier alpha value is -0.470. The van der Waals surface area contributed by atoms with Crippen molar-refractivity contribution in [2.24, 2.45) is 0 Å². The fourth-order valence-corrected chi connectivity index (χ4v) is 3.14. The number of hydrogen-bond donors (Lipinski definition) is 1. The molecule has 0 spiro atoms. The van der Waals surface area contributed by atoms with Crippen LogP contribution >= 0.6 is 11.8 Å². The first-order chi connectivity index (χ1) is 9.77. The van der Waals surface area contributed by atoms with Crippen LogP contribution in [0.3, 0.4) is 0 Å². The second-order valence-corrected chi connectivity index (χ2v) is 6.68. The van der Waals surface area contributed by atoms with Crippen molar-refractivity contribution in [3.8, 4) is 0 Å². The Bertz CT molecular complexity index is 334. The van der Waals surface area contributed by atoms with Crippen molar-refractivity contribution in [2.75, 3.05) is 12.3 Å². The average molecular weight is 294 g/mol. The van der Waals surface area contributed by atoms with Gasteiger partial charge < -0.3 is 5.32 Å². The summed E-state index contributed by atoms with van der Waals surface area (Å²) in [4.78, 5) is 1.41. The van der Waals surface area contributed by atoms with Crippen LogP contribution in [0.1, 0.15) is 70.9 Å². The van der Waals surface area contributed by atoms with Gasteiger partial charge in [0.25, 0.3) is 0 Å². The maximum Gasteiger partial charge on any atom is 0.0291 e.